The molecule has 4 heteroatoms. The van der Waals surface area contributed by atoms with E-state index >= 15 is 0 Å². The van der Waals surface area contributed by atoms with Gasteiger partial charge >= 0.3 is 0 Å². The van der Waals surface area contributed by atoms with Crippen LogP contribution in [0.25, 0.3) is 0 Å². The fourth-order valence-electron chi connectivity index (χ4n) is 1.82. The zero-order valence-electron chi connectivity index (χ0n) is 12.4. The standard InChI is InChI=1S/C15H26N2O2/c1-5-18-10-15(11(3)4)17-13-7-12(16)8-14(9-13)19-6-2/h7-9,11,15,17H,5-6,10,16H2,1-4H3. The van der Waals surface area contributed by atoms with Crippen LogP contribution >= 0.6 is 0 Å². The van der Waals surface area contributed by atoms with Crippen LogP contribution in [-0.4, -0.2) is 25.9 Å². The maximum Gasteiger partial charge on any atom is 0.123 e. The lowest BCUT2D eigenvalue weighted by molar-refractivity contribution is 0.127. The van der Waals surface area contributed by atoms with E-state index < -0.39 is 0 Å². The summed E-state index contributed by atoms with van der Waals surface area (Å²) in [5, 5.41) is 3.47. The molecule has 108 valence electrons. The first-order chi connectivity index (χ1) is 9.06. The number of hydrogen-bond donors (Lipinski definition) is 2. The first-order valence-corrected chi connectivity index (χ1v) is 6.94. The molecule has 1 aromatic carbocycles. The first-order valence-electron chi connectivity index (χ1n) is 6.94. The van der Waals surface area contributed by atoms with Gasteiger partial charge in [-0.05, 0) is 25.8 Å². The van der Waals surface area contributed by atoms with Crippen molar-refractivity contribution in [3.8, 4) is 5.75 Å². The van der Waals surface area contributed by atoms with Crippen LogP contribution in [0.4, 0.5) is 11.4 Å². The van der Waals surface area contributed by atoms with Crippen molar-refractivity contribution in [2.45, 2.75) is 33.7 Å². The quantitative estimate of drug-likeness (QED) is 0.710. The van der Waals surface area contributed by atoms with Gasteiger partial charge in [-0.3, -0.25) is 0 Å². The minimum Gasteiger partial charge on any atom is -0.494 e. The van der Waals surface area contributed by atoms with E-state index in [4.69, 9.17) is 15.2 Å². The lowest BCUT2D eigenvalue weighted by Gasteiger charge is -2.23. The molecule has 19 heavy (non-hydrogen) atoms. The molecule has 0 spiro atoms. The first kappa shape index (κ1) is 15.6. The van der Waals surface area contributed by atoms with E-state index in [1.54, 1.807) is 0 Å². The molecule has 0 saturated carbocycles. The minimum atomic E-state index is 0.260. The van der Waals surface area contributed by atoms with Crippen LogP contribution in [0.2, 0.25) is 0 Å². The Morgan fingerprint density at radius 1 is 1.16 bits per heavy atom. The maximum absolute atomic E-state index is 5.89. The Bertz CT molecular complexity index is 380. The van der Waals surface area contributed by atoms with Gasteiger partial charge < -0.3 is 20.5 Å². The van der Waals surface area contributed by atoms with Gasteiger partial charge in [0.25, 0.3) is 0 Å². The predicted molar refractivity (Wildman–Crippen MR) is 80.8 cm³/mol. The molecular weight excluding hydrogens is 240 g/mol. The second kappa shape index (κ2) is 7.89. The maximum atomic E-state index is 5.89. The Balaban J connectivity index is 2.77. The smallest absolute Gasteiger partial charge is 0.123 e. The van der Waals surface area contributed by atoms with Gasteiger partial charge in [-0.25, -0.2) is 0 Å². The van der Waals surface area contributed by atoms with Crippen LogP contribution in [0.3, 0.4) is 0 Å². The molecule has 0 aliphatic carbocycles. The van der Waals surface area contributed by atoms with Gasteiger partial charge in [-0.1, -0.05) is 13.8 Å². The summed E-state index contributed by atoms with van der Waals surface area (Å²) >= 11 is 0. The molecule has 0 aliphatic heterocycles. The molecule has 1 unspecified atom stereocenters. The van der Waals surface area contributed by atoms with Gasteiger partial charge in [-0.15, -0.1) is 0 Å². The monoisotopic (exact) mass is 266 g/mol. The lowest BCUT2D eigenvalue weighted by atomic mass is 10.0. The third kappa shape index (κ3) is 5.39. The number of nitrogen functional groups attached to an aromatic ring is 1. The molecule has 1 aromatic rings. The van der Waals surface area contributed by atoms with Gasteiger partial charge in [0.05, 0.1) is 19.3 Å². The normalized spacial score (nSPS) is 12.5. The largest absolute Gasteiger partial charge is 0.494 e. The number of nitrogens with one attached hydrogen (secondary N) is 1. The van der Waals surface area contributed by atoms with Crippen molar-refractivity contribution in [3.05, 3.63) is 18.2 Å². The van der Waals surface area contributed by atoms with Crippen LogP contribution < -0.4 is 15.8 Å². The number of nitrogens with two attached hydrogens (primary N) is 1. The highest BCUT2D eigenvalue weighted by atomic mass is 16.5. The number of ether oxygens (including phenoxy) is 2. The van der Waals surface area contributed by atoms with Crippen LogP contribution in [0.15, 0.2) is 18.2 Å². The van der Waals surface area contributed by atoms with Crippen molar-refractivity contribution in [2.24, 2.45) is 5.92 Å². The van der Waals surface area contributed by atoms with Crippen molar-refractivity contribution in [1.29, 1.82) is 0 Å². The molecule has 0 amide bonds. The highest BCUT2D eigenvalue weighted by Gasteiger charge is 2.13. The summed E-state index contributed by atoms with van der Waals surface area (Å²) in [6.45, 7) is 10.4. The van der Waals surface area contributed by atoms with Crippen LogP contribution in [-0.2, 0) is 4.74 Å². The average molecular weight is 266 g/mol. The van der Waals surface area contributed by atoms with E-state index in [0.717, 1.165) is 18.0 Å². The molecule has 1 atom stereocenters. The highest BCUT2D eigenvalue weighted by molar-refractivity contribution is 5.59. The summed E-state index contributed by atoms with van der Waals surface area (Å²) in [4.78, 5) is 0. The van der Waals surface area contributed by atoms with Crippen LogP contribution in [0.5, 0.6) is 5.75 Å². The molecular formula is C15H26N2O2. The fraction of sp³-hybridized carbons (Fsp3) is 0.600. The highest BCUT2D eigenvalue weighted by Crippen LogP contribution is 2.24. The van der Waals surface area contributed by atoms with E-state index in [1.165, 1.54) is 0 Å². The second-order valence-electron chi connectivity index (χ2n) is 4.88. The van der Waals surface area contributed by atoms with Crippen molar-refractivity contribution in [1.82, 2.24) is 0 Å². The topological polar surface area (TPSA) is 56.5 Å². The zero-order chi connectivity index (χ0) is 14.3. The predicted octanol–water partition coefficient (Wildman–Crippen LogP) is 3.14. The van der Waals surface area contributed by atoms with Crippen molar-refractivity contribution >= 4 is 11.4 Å². The number of hydrogen-bond acceptors (Lipinski definition) is 4. The average Bonchev–Trinajstić information content (AvgIpc) is 2.33. The van der Waals surface area contributed by atoms with Gasteiger partial charge in [0, 0.05) is 30.1 Å². The Hall–Kier alpha value is -1.42. The Labute approximate surface area is 116 Å². The molecule has 0 bridgehead atoms. The van der Waals surface area contributed by atoms with E-state index in [2.05, 4.69) is 19.2 Å². The fourth-order valence-corrected chi connectivity index (χ4v) is 1.82. The van der Waals surface area contributed by atoms with Crippen LogP contribution in [0.1, 0.15) is 27.7 Å². The van der Waals surface area contributed by atoms with E-state index in [-0.39, 0.29) is 6.04 Å². The van der Waals surface area contributed by atoms with E-state index in [0.29, 0.717) is 24.8 Å². The van der Waals surface area contributed by atoms with Crippen molar-refractivity contribution in [3.63, 3.8) is 0 Å². The lowest BCUT2D eigenvalue weighted by Crippen LogP contribution is -2.31. The molecule has 4 nitrogen and oxygen atoms in total. The Morgan fingerprint density at radius 3 is 2.47 bits per heavy atom. The summed E-state index contributed by atoms with van der Waals surface area (Å²) in [5.74, 6) is 1.27. The van der Waals surface area contributed by atoms with E-state index in [9.17, 15) is 0 Å². The molecule has 0 aromatic heterocycles. The molecule has 3 N–H and O–H groups in total. The second-order valence-corrected chi connectivity index (χ2v) is 4.88. The summed E-state index contributed by atoms with van der Waals surface area (Å²) in [6.07, 6.45) is 0. The molecule has 0 saturated heterocycles. The summed E-state index contributed by atoms with van der Waals surface area (Å²) < 4.78 is 11.0. The summed E-state index contributed by atoms with van der Waals surface area (Å²) in [7, 11) is 0. The number of benzene rings is 1. The van der Waals surface area contributed by atoms with Crippen LogP contribution in [0, 0.1) is 5.92 Å². The van der Waals surface area contributed by atoms with Crippen molar-refractivity contribution in [2.75, 3.05) is 30.9 Å². The third-order valence-electron chi connectivity index (χ3n) is 2.90. The van der Waals surface area contributed by atoms with Gasteiger partial charge in [0.2, 0.25) is 0 Å². The van der Waals surface area contributed by atoms with Gasteiger partial charge in [0.15, 0.2) is 0 Å². The van der Waals surface area contributed by atoms with Gasteiger partial charge in [-0.2, -0.15) is 0 Å². The van der Waals surface area contributed by atoms with E-state index in [1.807, 2.05) is 32.0 Å². The number of anilines is 2. The Kier molecular flexibility index (Phi) is 6.50. The van der Waals surface area contributed by atoms with Gasteiger partial charge in [0.1, 0.15) is 5.75 Å². The molecule has 0 radical (unpaired) electrons. The summed E-state index contributed by atoms with van der Waals surface area (Å²) in [6, 6.07) is 5.99. The molecule has 0 fully saturated rings. The number of rotatable bonds is 8. The van der Waals surface area contributed by atoms with Crippen molar-refractivity contribution < 1.29 is 9.47 Å². The minimum absolute atomic E-state index is 0.260. The zero-order valence-corrected chi connectivity index (χ0v) is 12.4. The Morgan fingerprint density at radius 2 is 1.89 bits per heavy atom. The summed E-state index contributed by atoms with van der Waals surface area (Å²) in [5.41, 5.74) is 7.57. The molecule has 0 aliphatic rings. The third-order valence-corrected chi connectivity index (χ3v) is 2.90. The molecule has 0 heterocycles. The SMILES string of the molecule is CCOCC(Nc1cc(N)cc(OCC)c1)C(C)C. The molecule has 1 rings (SSSR count).